The quantitative estimate of drug-likeness (QED) is 0.199. The number of hydrogen-bond acceptors (Lipinski definition) is 7. The lowest BCUT2D eigenvalue weighted by Crippen LogP contribution is -2.23. The molecule has 150 valence electrons. The number of nitrogens with zero attached hydrogens (tertiary/aromatic N) is 4. The van der Waals surface area contributed by atoms with E-state index in [4.69, 9.17) is 0 Å². The molecule has 30 heavy (non-hydrogen) atoms. The van der Waals surface area contributed by atoms with Crippen molar-refractivity contribution in [2.24, 2.45) is 0 Å². The summed E-state index contributed by atoms with van der Waals surface area (Å²) in [7, 11) is 0. The molecular weight excluding hydrogens is 416 g/mol. The smallest absolute Gasteiger partial charge is 0.262 e. The molecule has 6 nitrogen and oxygen atoms in total. The van der Waals surface area contributed by atoms with Crippen LogP contribution in [0, 0.1) is 11.3 Å². The van der Waals surface area contributed by atoms with E-state index in [2.05, 4.69) is 16.0 Å². The Labute approximate surface area is 181 Å². The number of allylic oxidation sites excluding steroid dienone is 1. The van der Waals surface area contributed by atoms with Gasteiger partial charge in [0.25, 0.3) is 5.56 Å². The Morgan fingerprint density at radius 3 is 2.63 bits per heavy atom. The summed E-state index contributed by atoms with van der Waals surface area (Å²) in [6.07, 6.45) is 0.782. The molecule has 0 unspecified atom stereocenters. The van der Waals surface area contributed by atoms with Gasteiger partial charge in [0.1, 0.15) is 22.4 Å². The minimum absolute atomic E-state index is 0.0768. The maximum absolute atomic E-state index is 12.9. The molecule has 0 fully saturated rings. The maximum atomic E-state index is 12.9. The molecule has 2 heterocycles. The van der Waals surface area contributed by atoms with Crippen LogP contribution in [0.3, 0.4) is 0 Å². The fourth-order valence-electron chi connectivity index (χ4n) is 3.10. The van der Waals surface area contributed by atoms with Crippen molar-refractivity contribution in [1.82, 2.24) is 14.5 Å². The zero-order valence-corrected chi connectivity index (χ0v) is 17.8. The van der Waals surface area contributed by atoms with Gasteiger partial charge in [0.15, 0.2) is 5.16 Å². The van der Waals surface area contributed by atoms with Crippen LogP contribution in [0.15, 0.2) is 64.2 Å². The second kappa shape index (κ2) is 8.69. The molecule has 4 aromatic rings. The Kier molecular flexibility index (Phi) is 5.84. The molecule has 4 rings (SSSR count). The summed E-state index contributed by atoms with van der Waals surface area (Å²) >= 11 is 2.60. The zero-order valence-electron chi connectivity index (χ0n) is 16.2. The number of para-hydroxylation sites is 2. The van der Waals surface area contributed by atoms with Gasteiger partial charge >= 0.3 is 0 Å². The van der Waals surface area contributed by atoms with Gasteiger partial charge in [-0.3, -0.25) is 9.36 Å². The SMILES string of the molecule is CCCn1c(SC/C(O)=C(\C#N)c2nc3ccccc3s2)nc2ccccc2c1=O. The van der Waals surface area contributed by atoms with E-state index in [1.54, 1.807) is 16.7 Å². The van der Waals surface area contributed by atoms with Crippen LogP contribution in [-0.4, -0.2) is 25.4 Å². The second-order valence-electron chi connectivity index (χ2n) is 6.58. The second-order valence-corrected chi connectivity index (χ2v) is 8.55. The number of thiazole rings is 1. The third-order valence-electron chi connectivity index (χ3n) is 4.52. The number of hydrogen-bond donors (Lipinski definition) is 1. The van der Waals surface area contributed by atoms with Crippen molar-refractivity contribution in [2.75, 3.05) is 5.75 Å². The average molecular weight is 435 g/mol. The van der Waals surface area contributed by atoms with Crippen LogP contribution in [0.1, 0.15) is 18.4 Å². The molecule has 2 aromatic heterocycles. The summed E-state index contributed by atoms with van der Waals surface area (Å²) < 4.78 is 2.58. The predicted molar refractivity (Wildman–Crippen MR) is 122 cm³/mol. The van der Waals surface area contributed by atoms with Crippen LogP contribution in [0.25, 0.3) is 26.7 Å². The number of aliphatic hydroxyl groups excluding tert-OH is 1. The lowest BCUT2D eigenvalue weighted by molar-refractivity contribution is 0.420. The van der Waals surface area contributed by atoms with Crippen LogP contribution in [-0.2, 0) is 6.54 Å². The summed E-state index contributed by atoms with van der Waals surface area (Å²) in [5.41, 5.74) is 1.46. The molecule has 0 spiro atoms. The van der Waals surface area contributed by atoms with Crippen molar-refractivity contribution >= 4 is 49.8 Å². The average Bonchev–Trinajstić information content (AvgIpc) is 3.19. The number of nitriles is 1. The Hall–Kier alpha value is -3.15. The highest BCUT2D eigenvalue weighted by Gasteiger charge is 2.16. The van der Waals surface area contributed by atoms with E-state index in [1.165, 1.54) is 23.1 Å². The first kappa shape index (κ1) is 20.1. The van der Waals surface area contributed by atoms with Gasteiger partial charge < -0.3 is 5.11 Å². The highest BCUT2D eigenvalue weighted by atomic mass is 32.2. The summed E-state index contributed by atoms with van der Waals surface area (Å²) in [4.78, 5) is 21.9. The summed E-state index contributed by atoms with van der Waals surface area (Å²) in [6.45, 7) is 2.53. The third-order valence-corrected chi connectivity index (χ3v) is 6.56. The lowest BCUT2D eigenvalue weighted by atomic mass is 10.2. The highest BCUT2D eigenvalue weighted by Crippen LogP contribution is 2.30. The van der Waals surface area contributed by atoms with Crippen LogP contribution < -0.4 is 5.56 Å². The molecule has 0 amide bonds. The molecule has 2 aromatic carbocycles. The van der Waals surface area contributed by atoms with Crippen molar-refractivity contribution in [3.8, 4) is 6.07 Å². The Morgan fingerprint density at radius 1 is 1.17 bits per heavy atom. The molecule has 0 aliphatic carbocycles. The minimum Gasteiger partial charge on any atom is -0.510 e. The monoisotopic (exact) mass is 434 g/mol. The van der Waals surface area contributed by atoms with Gasteiger partial charge in [-0.05, 0) is 30.7 Å². The predicted octanol–water partition coefficient (Wildman–Crippen LogP) is 5.00. The topological polar surface area (TPSA) is 91.8 Å². The first-order valence-corrected chi connectivity index (χ1v) is 11.2. The molecule has 0 aliphatic rings. The zero-order chi connectivity index (χ0) is 21.1. The van der Waals surface area contributed by atoms with Crippen molar-refractivity contribution < 1.29 is 5.11 Å². The van der Waals surface area contributed by atoms with Crippen molar-refractivity contribution in [1.29, 1.82) is 5.26 Å². The largest absolute Gasteiger partial charge is 0.510 e. The van der Waals surface area contributed by atoms with E-state index in [0.29, 0.717) is 27.6 Å². The first-order valence-electron chi connectivity index (χ1n) is 9.43. The normalized spacial score (nSPS) is 12.1. The molecule has 0 atom stereocenters. The van der Waals surface area contributed by atoms with Crippen molar-refractivity contribution in [3.05, 3.63) is 69.7 Å². The third kappa shape index (κ3) is 3.82. The van der Waals surface area contributed by atoms with E-state index >= 15 is 0 Å². The molecule has 8 heteroatoms. The fraction of sp³-hybridized carbons (Fsp3) is 0.182. The molecule has 0 saturated heterocycles. The van der Waals surface area contributed by atoms with Crippen molar-refractivity contribution in [3.63, 3.8) is 0 Å². The first-order chi connectivity index (χ1) is 14.6. The molecule has 0 saturated carbocycles. The molecule has 1 N–H and O–H groups in total. The van der Waals surface area contributed by atoms with Gasteiger partial charge in [0.05, 0.1) is 26.9 Å². The van der Waals surface area contributed by atoms with Crippen molar-refractivity contribution in [2.45, 2.75) is 25.0 Å². The number of benzene rings is 2. The van der Waals surface area contributed by atoms with Gasteiger partial charge in [-0.1, -0.05) is 43.0 Å². The molecular formula is C22H18N4O2S2. The Morgan fingerprint density at radius 2 is 1.90 bits per heavy atom. The van der Waals surface area contributed by atoms with Gasteiger partial charge in [0.2, 0.25) is 0 Å². The van der Waals surface area contributed by atoms with E-state index < -0.39 is 0 Å². The Balaban J connectivity index is 1.69. The molecule has 0 bridgehead atoms. The van der Waals surface area contributed by atoms with Gasteiger partial charge in [-0.15, -0.1) is 11.3 Å². The number of rotatable bonds is 6. The number of thioether (sulfide) groups is 1. The van der Waals surface area contributed by atoms with E-state index in [9.17, 15) is 15.2 Å². The van der Waals surface area contributed by atoms with Gasteiger partial charge in [0, 0.05) is 6.54 Å². The summed E-state index contributed by atoms with van der Waals surface area (Å²) in [5.74, 6) is 0.0415. The van der Waals surface area contributed by atoms with Crippen LogP contribution in [0.2, 0.25) is 0 Å². The summed E-state index contributed by atoms with van der Waals surface area (Å²) in [6, 6.07) is 16.9. The Bertz CT molecular complexity index is 1330. The number of aliphatic hydroxyl groups is 1. The van der Waals surface area contributed by atoms with E-state index in [1.807, 2.05) is 43.3 Å². The van der Waals surface area contributed by atoms with Gasteiger partial charge in [-0.25, -0.2) is 9.97 Å². The van der Waals surface area contributed by atoms with E-state index in [0.717, 1.165) is 16.6 Å². The molecule has 0 radical (unpaired) electrons. The molecule has 0 aliphatic heterocycles. The van der Waals surface area contributed by atoms with Crippen LogP contribution >= 0.6 is 23.1 Å². The standard InChI is InChI=1S/C22H18N4O2S2/c1-2-11-26-21(28)14-7-3-4-8-16(14)25-22(26)29-13-18(27)15(12-23)20-24-17-9-5-6-10-19(17)30-20/h3-10,27H,2,11,13H2,1H3/b18-15-. The maximum Gasteiger partial charge on any atom is 0.262 e. The number of fused-ring (bicyclic) bond motifs is 2. The van der Waals surface area contributed by atoms with Crippen LogP contribution in [0.4, 0.5) is 0 Å². The van der Waals surface area contributed by atoms with Gasteiger partial charge in [-0.2, -0.15) is 5.26 Å². The highest BCUT2D eigenvalue weighted by molar-refractivity contribution is 7.99. The lowest BCUT2D eigenvalue weighted by Gasteiger charge is -2.12. The fourth-order valence-corrected chi connectivity index (χ4v) is 4.98. The van der Waals surface area contributed by atoms with E-state index in [-0.39, 0.29) is 22.6 Å². The van der Waals surface area contributed by atoms with Crippen LogP contribution in [0.5, 0.6) is 0 Å². The summed E-state index contributed by atoms with van der Waals surface area (Å²) in [5, 5.41) is 21.8. The minimum atomic E-state index is -0.0971. The number of aromatic nitrogens is 3.